The molecule has 0 bridgehead atoms. The van der Waals surface area contributed by atoms with Gasteiger partial charge in [-0.15, -0.1) is 6.58 Å². The quantitative estimate of drug-likeness (QED) is 0.261. The summed E-state index contributed by atoms with van der Waals surface area (Å²) >= 11 is 0. The van der Waals surface area contributed by atoms with Gasteiger partial charge in [0.2, 0.25) is 5.91 Å². The fraction of sp³-hybridized carbons (Fsp3) is 0.538. The number of hydrogen-bond donors (Lipinski definition) is 1. The van der Waals surface area contributed by atoms with Crippen LogP contribution in [0.3, 0.4) is 0 Å². The molecule has 0 unspecified atom stereocenters. The molecule has 0 heterocycles. The smallest absolute Gasteiger partial charge is 0.333 e. The Hall–Kier alpha value is -2.31. The first-order valence-corrected chi connectivity index (χ1v) is 6.36. The highest BCUT2D eigenvalue weighted by Crippen LogP contribution is 2.25. The van der Waals surface area contributed by atoms with Gasteiger partial charge in [0, 0.05) is 17.4 Å². The van der Waals surface area contributed by atoms with Crippen LogP contribution in [0, 0.1) is 0 Å². The van der Waals surface area contributed by atoms with Gasteiger partial charge in [0.05, 0.1) is 31.9 Å². The molecule has 0 aliphatic heterocycles. The number of rotatable bonds is 6. The Balaban J connectivity index is 3.11. The molecule has 8 nitrogen and oxygen atoms in total. The third-order valence-corrected chi connectivity index (χ3v) is 2.99. The number of carbonyl (C=O) groups is 2. The Morgan fingerprint density at radius 1 is 1.67 bits per heavy atom. The molecule has 0 radical (unpaired) electrons. The minimum Gasteiger partial charge on any atom is -0.466 e. The molecule has 0 saturated heterocycles. The van der Waals surface area contributed by atoms with Crippen LogP contribution in [0.1, 0.15) is 13.3 Å². The number of hydrogen-bond acceptors (Lipinski definition) is 5. The van der Waals surface area contributed by atoms with Gasteiger partial charge >= 0.3 is 5.97 Å². The van der Waals surface area contributed by atoms with E-state index in [1.165, 1.54) is 14.0 Å². The Labute approximate surface area is 122 Å². The third kappa shape index (κ3) is 4.62. The molecule has 0 aromatic rings. The first-order chi connectivity index (χ1) is 10.0. The highest BCUT2D eigenvalue weighted by atomic mass is 16.5. The fourth-order valence-electron chi connectivity index (χ4n) is 2.15. The predicted molar refractivity (Wildman–Crippen MR) is 75.2 cm³/mol. The van der Waals surface area contributed by atoms with Crippen LogP contribution < -0.4 is 5.32 Å². The Morgan fingerprint density at radius 2 is 2.38 bits per heavy atom. The van der Waals surface area contributed by atoms with Crippen molar-refractivity contribution in [2.75, 3.05) is 13.7 Å². The van der Waals surface area contributed by atoms with Crippen molar-refractivity contribution in [1.82, 2.24) is 5.32 Å². The molecule has 21 heavy (non-hydrogen) atoms. The van der Waals surface area contributed by atoms with Crippen molar-refractivity contribution in [2.24, 2.45) is 5.11 Å². The van der Waals surface area contributed by atoms with Crippen LogP contribution >= 0.6 is 0 Å². The summed E-state index contributed by atoms with van der Waals surface area (Å²) in [5, 5.41) is 6.35. The summed E-state index contributed by atoms with van der Waals surface area (Å²) < 4.78 is 10.2. The van der Waals surface area contributed by atoms with Crippen molar-refractivity contribution in [2.45, 2.75) is 31.5 Å². The van der Waals surface area contributed by atoms with Gasteiger partial charge in [0.1, 0.15) is 0 Å². The zero-order valence-electron chi connectivity index (χ0n) is 12.0. The molecule has 0 spiro atoms. The molecule has 8 heteroatoms. The summed E-state index contributed by atoms with van der Waals surface area (Å²) in [5.41, 5.74) is 9.02. The lowest BCUT2D eigenvalue weighted by Crippen LogP contribution is -2.52. The van der Waals surface area contributed by atoms with E-state index in [0.717, 1.165) is 0 Å². The fourth-order valence-corrected chi connectivity index (χ4v) is 2.15. The number of ether oxygens (including phenoxy) is 2. The van der Waals surface area contributed by atoms with Crippen LogP contribution in [0.2, 0.25) is 0 Å². The van der Waals surface area contributed by atoms with Crippen LogP contribution in [-0.2, 0) is 19.1 Å². The molecule has 1 N–H and O–H groups in total. The third-order valence-electron chi connectivity index (χ3n) is 2.99. The Bertz CT molecular complexity index is 496. The largest absolute Gasteiger partial charge is 0.466 e. The Kier molecular flexibility index (Phi) is 6.45. The van der Waals surface area contributed by atoms with E-state index in [1.54, 1.807) is 12.2 Å². The lowest BCUT2D eigenvalue weighted by Gasteiger charge is -2.34. The normalized spacial score (nSPS) is 24.3. The van der Waals surface area contributed by atoms with E-state index in [0.29, 0.717) is 5.57 Å². The second-order valence-electron chi connectivity index (χ2n) is 4.47. The van der Waals surface area contributed by atoms with Crippen LogP contribution in [0.25, 0.3) is 10.4 Å². The highest BCUT2D eigenvalue weighted by Gasteiger charge is 2.36. The van der Waals surface area contributed by atoms with E-state index in [1.807, 2.05) is 0 Å². The molecule has 1 aliphatic carbocycles. The topological polar surface area (TPSA) is 113 Å². The number of amides is 1. The molecule has 0 aromatic carbocycles. The summed E-state index contributed by atoms with van der Waals surface area (Å²) in [6.07, 6.45) is 2.70. The van der Waals surface area contributed by atoms with Crippen molar-refractivity contribution < 1.29 is 19.1 Å². The zero-order chi connectivity index (χ0) is 15.8. The van der Waals surface area contributed by atoms with E-state index in [4.69, 9.17) is 10.3 Å². The van der Waals surface area contributed by atoms with Crippen molar-refractivity contribution in [3.8, 4) is 0 Å². The number of carbonyl (C=O) groups excluding carboxylic acids is 2. The number of azide groups is 1. The molecule has 0 fully saturated rings. The minimum absolute atomic E-state index is 0.176. The summed E-state index contributed by atoms with van der Waals surface area (Å²) in [6, 6.07) is -1.18. The second kappa shape index (κ2) is 8.08. The predicted octanol–water partition coefficient (Wildman–Crippen LogP) is 1.24. The van der Waals surface area contributed by atoms with Gasteiger partial charge in [0.25, 0.3) is 0 Å². The number of nitrogens with one attached hydrogen (secondary N) is 1. The molecular weight excluding hydrogens is 276 g/mol. The molecule has 0 saturated carbocycles. The maximum Gasteiger partial charge on any atom is 0.333 e. The van der Waals surface area contributed by atoms with Gasteiger partial charge < -0.3 is 14.8 Å². The van der Waals surface area contributed by atoms with E-state index in [2.05, 4.69) is 26.7 Å². The minimum atomic E-state index is -0.632. The van der Waals surface area contributed by atoms with Crippen molar-refractivity contribution in [1.29, 1.82) is 0 Å². The van der Waals surface area contributed by atoms with E-state index < -0.39 is 24.2 Å². The SMILES string of the molecule is C=CCO[C@@H]1C=C(C(=O)OC)C[C@H](N=[N+]=[N-])[C@H]1NC(C)=O. The van der Waals surface area contributed by atoms with Crippen LogP contribution in [-0.4, -0.2) is 43.8 Å². The Morgan fingerprint density at radius 3 is 2.90 bits per heavy atom. The maximum absolute atomic E-state index is 11.7. The summed E-state index contributed by atoms with van der Waals surface area (Å²) in [7, 11) is 1.27. The molecule has 1 aliphatic rings. The van der Waals surface area contributed by atoms with Crippen LogP contribution in [0.5, 0.6) is 0 Å². The first-order valence-electron chi connectivity index (χ1n) is 6.36. The van der Waals surface area contributed by atoms with Crippen molar-refractivity contribution in [3.63, 3.8) is 0 Å². The van der Waals surface area contributed by atoms with Gasteiger partial charge in [-0.3, -0.25) is 4.79 Å². The lowest BCUT2D eigenvalue weighted by molar-refractivity contribution is -0.136. The first kappa shape index (κ1) is 16.7. The second-order valence-corrected chi connectivity index (χ2v) is 4.47. The van der Waals surface area contributed by atoms with Gasteiger partial charge in [-0.2, -0.15) is 0 Å². The van der Waals surface area contributed by atoms with Gasteiger partial charge in [-0.05, 0) is 18.0 Å². The average Bonchev–Trinajstić information content (AvgIpc) is 2.46. The molecular formula is C13H18N4O4. The number of nitrogens with zero attached hydrogens (tertiary/aromatic N) is 3. The van der Waals surface area contributed by atoms with E-state index in [9.17, 15) is 9.59 Å². The van der Waals surface area contributed by atoms with Gasteiger partial charge in [0.15, 0.2) is 0 Å². The molecule has 0 aromatic heterocycles. The molecule has 1 rings (SSSR count). The monoisotopic (exact) mass is 294 g/mol. The van der Waals surface area contributed by atoms with Gasteiger partial charge in [-0.1, -0.05) is 11.2 Å². The average molecular weight is 294 g/mol. The molecule has 114 valence electrons. The van der Waals surface area contributed by atoms with Crippen molar-refractivity contribution in [3.05, 3.63) is 34.7 Å². The summed E-state index contributed by atoms with van der Waals surface area (Å²) in [6.45, 7) is 5.14. The molecule has 1 amide bonds. The van der Waals surface area contributed by atoms with Crippen molar-refractivity contribution >= 4 is 11.9 Å². The van der Waals surface area contributed by atoms with Gasteiger partial charge in [-0.25, -0.2) is 4.79 Å². The molecule has 3 atom stereocenters. The van der Waals surface area contributed by atoms with Crippen LogP contribution in [0.4, 0.5) is 0 Å². The zero-order valence-corrected chi connectivity index (χ0v) is 12.0. The van der Waals surface area contributed by atoms with E-state index >= 15 is 0 Å². The summed E-state index contributed by atoms with van der Waals surface area (Å²) in [4.78, 5) is 25.8. The maximum atomic E-state index is 11.7. The lowest BCUT2D eigenvalue weighted by atomic mass is 9.88. The highest BCUT2D eigenvalue weighted by molar-refractivity contribution is 5.89. The number of methoxy groups -OCH3 is 1. The standard InChI is InChI=1S/C13H18N4O4/c1-4-5-21-11-7-9(13(19)20-3)6-10(16-17-14)12(11)15-8(2)18/h4,7,10-12H,1,5-6H2,2-3H3,(H,15,18)/t10-,11+,12+/m0/s1. The summed E-state index contributed by atoms with van der Waals surface area (Å²) in [5.74, 6) is -0.790. The van der Waals surface area contributed by atoms with Crippen LogP contribution in [0.15, 0.2) is 29.4 Å². The number of esters is 1. The van der Waals surface area contributed by atoms with E-state index in [-0.39, 0.29) is 18.9 Å².